The molecule has 2 aromatic heterocycles. The highest BCUT2D eigenvalue weighted by atomic mass is 16.3. The van der Waals surface area contributed by atoms with Crippen molar-refractivity contribution < 1.29 is 9.21 Å². The minimum atomic E-state index is 0.0656. The molecule has 0 spiro atoms. The standard InChI is InChI=1S/C18H23N3O2/c1-11-8-15(11)17-7-6-14(23-17)10-21(13-4-5-13)18(22)16-9-19-20(3)12(16)2/h6-7,9,11,13,15H,4-5,8,10H2,1-3H3. The van der Waals surface area contributed by atoms with E-state index in [1.54, 1.807) is 10.9 Å². The summed E-state index contributed by atoms with van der Waals surface area (Å²) in [5.74, 6) is 3.34. The molecule has 2 fully saturated rings. The van der Waals surface area contributed by atoms with E-state index in [4.69, 9.17) is 4.42 Å². The van der Waals surface area contributed by atoms with E-state index >= 15 is 0 Å². The molecule has 5 heteroatoms. The molecule has 1 amide bonds. The van der Waals surface area contributed by atoms with Crippen LogP contribution in [0.15, 0.2) is 22.7 Å². The number of amides is 1. The highest BCUT2D eigenvalue weighted by Crippen LogP contribution is 2.47. The number of carbonyl (C=O) groups is 1. The zero-order valence-corrected chi connectivity index (χ0v) is 14.0. The molecule has 2 unspecified atom stereocenters. The fourth-order valence-corrected chi connectivity index (χ4v) is 3.18. The van der Waals surface area contributed by atoms with Gasteiger partial charge in [0.2, 0.25) is 0 Å². The number of hydrogen-bond acceptors (Lipinski definition) is 3. The average molecular weight is 313 g/mol. The Morgan fingerprint density at radius 2 is 2.17 bits per heavy atom. The van der Waals surface area contributed by atoms with E-state index in [9.17, 15) is 4.79 Å². The van der Waals surface area contributed by atoms with Gasteiger partial charge in [0, 0.05) is 24.7 Å². The van der Waals surface area contributed by atoms with Gasteiger partial charge < -0.3 is 9.32 Å². The topological polar surface area (TPSA) is 51.3 Å². The quantitative estimate of drug-likeness (QED) is 0.851. The van der Waals surface area contributed by atoms with Crippen LogP contribution in [0.2, 0.25) is 0 Å². The SMILES string of the molecule is Cc1c(C(=O)N(Cc2ccc(C3CC3C)o2)C2CC2)cnn1C. The van der Waals surface area contributed by atoms with Gasteiger partial charge in [-0.05, 0) is 44.2 Å². The molecule has 122 valence electrons. The van der Waals surface area contributed by atoms with Crippen LogP contribution in [0.1, 0.15) is 59.7 Å². The molecular formula is C18H23N3O2. The third-order valence-electron chi connectivity index (χ3n) is 5.20. The summed E-state index contributed by atoms with van der Waals surface area (Å²) in [6.07, 6.45) is 5.05. The summed E-state index contributed by atoms with van der Waals surface area (Å²) in [7, 11) is 1.86. The lowest BCUT2D eigenvalue weighted by atomic mass is 10.2. The zero-order chi connectivity index (χ0) is 16.1. The second kappa shape index (κ2) is 5.25. The fraction of sp³-hybridized carbons (Fsp3) is 0.556. The Kier molecular flexibility index (Phi) is 3.32. The Morgan fingerprint density at radius 3 is 2.74 bits per heavy atom. The predicted molar refractivity (Wildman–Crippen MR) is 86.1 cm³/mol. The van der Waals surface area contributed by atoms with Crippen molar-refractivity contribution in [2.24, 2.45) is 13.0 Å². The fourth-order valence-electron chi connectivity index (χ4n) is 3.18. The summed E-state index contributed by atoms with van der Waals surface area (Å²) in [5, 5.41) is 4.20. The molecule has 4 rings (SSSR count). The van der Waals surface area contributed by atoms with Crippen LogP contribution >= 0.6 is 0 Å². The molecule has 0 aromatic carbocycles. The summed E-state index contributed by atoms with van der Waals surface area (Å²) in [6.45, 7) is 4.74. The molecule has 2 aliphatic rings. The zero-order valence-electron chi connectivity index (χ0n) is 14.0. The molecule has 0 saturated heterocycles. The van der Waals surface area contributed by atoms with Crippen LogP contribution in [-0.4, -0.2) is 26.6 Å². The Bertz CT molecular complexity index is 741. The van der Waals surface area contributed by atoms with Gasteiger partial charge in [-0.2, -0.15) is 5.10 Å². The highest BCUT2D eigenvalue weighted by molar-refractivity contribution is 5.95. The first-order chi connectivity index (χ1) is 11.0. The van der Waals surface area contributed by atoms with Crippen molar-refractivity contribution in [1.82, 2.24) is 14.7 Å². The van der Waals surface area contributed by atoms with E-state index in [1.807, 2.05) is 24.9 Å². The minimum Gasteiger partial charge on any atom is -0.464 e. The monoisotopic (exact) mass is 313 g/mol. The first kappa shape index (κ1) is 14.5. The molecule has 2 aromatic rings. The van der Waals surface area contributed by atoms with Crippen LogP contribution in [0.25, 0.3) is 0 Å². The smallest absolute Gasteiger partial charge is 0.257 e. The Labute approximate surface area is 136 Å². The van der Waals surface area contributed by atoms with Crippen molar-refractivity contribution in [3.63, 3.8) is 0 Å². The van der Waals surface area contributed by atoms with E-state index in [1.165, 1.54) is 6.42 Å². The van der Waals surface area contributed by atoms with Gasteiger partial charge in [-0.1, -0.05) is 6.92 Å². The van der Waals surface area contributed by atoms with E-state index in [-0.39, 0.29) is 5.91 Å². The van der Waals surface area contributed by atoms with Crippen LogP contribution < -0.4 is 0 Å². The Morgan fingerprint density at radius 1 is 1.43 bits per heavy atom. The van der Waals surface area contributed by atoms with Crippen molar-refractivity contribution in [3.8, 4) is 0 Å². The molecular weight excluding hydrogens is 290 g/mol. The molecule has 5 nitrogen and oxygen atoms in total. The Hall–Kier alpha value is -2.04. The maximum Gasteiger partial charge on any atom is 0.257 e. The van der Waals surface area contributed by atoms with E-state index in [0.29, 0.717) is 24.1 Å². The second-order valence-electron chi connectivity index (χ2n) is 7.06. The van der Waals surface area contributed by atoms with Crippen LogP contribution in [0, 0.1) is 12.8 Å². The summed E-state index contributed by atoms with van der Waals surface area (Å²) in [6, 6.07) is 4.45. The molecule has 2 saturated carbocycles. The van der Waals surface area contributed by atoms with Gasteiger partial charge in [0.1, 0.15) is 11.5 Å². The minimum absolute atomic E-state index is 0.0656. The lowest BCUT2D eigenvalue weighted by Gasteiger charge is -2.21. The van der Waals surface area contributed by atoms with Crippen LogP contribution in [0.5, 0.6) is 0 Å². The summed E-state index contributed by atoms with van der Waals surface area (Å²) < 4.78 is 7.74. The molecule has 0 radical (unpaired) electrons. The average Bonchev–Trinajstić information content (AvgIpc) is 3.42. The van der Waals surface area contributed by atoms with Gasteiger partial charge in [-0.15, -0.1) is 0 Å². The van der Waals surface area contributed by atoms with Crippen molar-refractivity contribution in [3.05, 3.63) is 41.1 Å². The van der Waals surface area contributed by atoms with Crippen molar-refractivity contribution >= 4 is 5.91 Å². The third kappa shape index (κ3) is 2.69. The Balaban J connectivity index is 1.53. The molecule has 0 aliphatic heterocycles. The van der Waals surface area contributed by atoms with E-state index in [0.717, 1.165) is 36.0 Å². The maximum absolute atomic E-state index is 12.9. The third-order valence-corrected chi connectivity index (χ3v) is 5.20. The normalized spacial score (nSPS) is 23.1. The first-order valence-electron chi connectivity index (χ1n) is 8.42. The number of nitrogens with zero attached hydrogens (tertiary/aromatic N) is 3. The number of aryl methyl sites for hydroxylation is 1. The van der Waals surface area contributed by atoms with Crippen molar-refractivity contribution in [2.45, 2.75) is 51.6 Å². The molecule has 2 atom stereocenters. The van der Waals surface area contributed by atoms with Gasteiger partial charge >= 0.3 is 0 Å². The molecule has 23 heavy (non-hydrogen) atoms. The van der Waals surface area contributed by atoms with Crippen molar-refractivity contribution in [2.75, 3.05) is 0 Å². The number of aromatic nitrogens is 2. The van der Waals surface area contributed by atoms with Crippen LogP contribution in [-0.2, 0) is 13.6 Å². The number of hydrogen-bond donors (Lipinski definition) is 0. The lowest BCUT2D eigenvalue weighted by Crippen LogP contribution is -2.32. The number of carbonyl (C=O) groups excluding carboxylic acids is 1. The van der Waals surface area contributed by atoms with E-state index in [2.05, 4.69) is 18.1 Å². The largest absolute Gasteiger partial charge is 0.464 e. The number of rotatable bonds is 5. The second-order valence-corrected chi connectivity index (χ2v) is 7.06. The van der Waals surface area contributed by atoms with Crippen molar-refractivity contribution in [1.29, 1.82) is 0 Å². The van der Waals surface area contributed by atoms with E-state index < -0.39 is 0 Å². The summed E-state index contributed by atoms with van der Waals surface area (Å²) in [5.41, 5.74) is 1.61. The maximum atomic E-state index is 12.9. The summed E-state index contributed by atoms with van der Waals surface area (Å²) in [4.78, 5) is 14.8. The van der Waals surface area contributed by atoms with Crippen LogP contribution in [0.3, 0.4) is 0 Å². The molecule has 2 heterocycles. The van der Waals surface area contributed by atoms with Gasteiger partial charge in [0.25, 0.3) is 5.91 Å². The lowest BCUT2D eigenvalue weighted by molar-refractivity contribution is 0.0716. The highest BCUT2D eigenvalue weighted by Gasteiger charge is 2.38. The van der Waals surface area contributed by atoms with Gasteiger partial charge in [-0.3, -0.25) is 9.48 Å². The molecule has 0 bridgehead atoms. The van der Waals surface area contributed by atoms with Crippen LogP contribution in [0.4, 0.5) is 0 Å². The molecule has 2 aliphatic carbocycles. The summed E-state index contributed by atoms with van der Waals surface area (Å²) >= 11 is 0. The van der Waals surface area contributed by atoms with Gasteiger partial charge in [0.05, 0.1) is 18.3 Å². The predicted octanol–water partition coefficient (Wildman–Crippen LogP) is 3.25. The van der Waals surface area contributed by atoms with Gasteiger partial charge in [0.15, 0.2) is 0 Å². The number of furan rings is 1. The first-order valence-corrected chi connectivity index (χ1v) is 8.42. The van der Waals surface area contributed by atoms with Gasteiger partial charge in [-0.25, -0.2) is 0 Å². The molecule has 0 N–H and O–H groups in total.